The molecule has 0 aliphatic heterocycles. The maximum atomic E-state index is 11.6. The zero-order valence-corrected chi connectivity index (χ0v) is 9.55. The van der Waals surface area contributed by atoms with Crippen LogP contribution in [0.5, 0.6) is 0 Å². The second-order valence-electron chi connectivity index (χ2n) is 3.74. The van der Waals surface area contributed by atoms with Gasteiger partial charge in [-0.05, 0) is 31.2 Å². The van der Waals surface area contributed by atoms with Crippen LogP contribution in [0.15, 0.2) is 54.6 Å². The SMILES string of the molecule is Cc1ccc([N]C(=O)Nc2ccccc2)cc1. The molecule has 0 bridgehead atoms. The van der Waals surface area contributed by atoms with Crippen molar-refractivity contribution in [2.45, 2.75) is 6.92 Å². The molecule has 0 spiro atoms. The fraction of sp³-hybridized carbons (Fsp3) is 0.0714. The minimum atomic E-state index is -0.361. The molecule has 2 amide bonds. The van der Waals surface area contributed by atoms with Crippen molar-refractivity contribution in [3.8, 4) is 0 Å². The summed E-state index contributed by atoms with van der Waals surface area (Å²) in [6.07, 6.45) is 0. The molecule has 3 heteroatoms. The molecule has 0 saturated heterocycles. The zero-order chi connectivity index (χ0) is 12.1. The van der Waals surface area contributed by atoms with E-state index in [0.717, 1.165) is 11.3 Å². The Morgan fingerprint density at radius 3 is 2.29 bits per heavy atom. The fourth-order valence-corrected chi connectivity index (χ4v) is 1.41. The Labute approximate surface area is 100 Å². The number of nitrogens with zero attached hydrogens (tertiary/aromatic N) is 1. The van der Waals surface area contributed by atoms with Crippen LogP contribution in [0.25, 0.3) is 0 Å². The van der Waals surface area contributed by atoms with Gasteiger partial charge in [0.2, 0.25) is 0 Å². The van der Waals surface area contributed by atoms with Gasteiger partial charge in [-0.1, -0.05) is 35.9 Å². The maximum Gasteiger partial charge on any atom is 0.345 e. The van der Waals surface area contributed by atoms with Crippen LogP contribution in [0.4, 0.5) is 16.2 Å². The molecule has 0 aliphatic rings. The van der Waals surface area contributed by atoms with E-state index in [1.54, 1.807) is 0 Å². The molecule has 0 fully saturated rings. The summed E-state index contributed by atoms with van der Waals surface area (Å²) in [4.78, 5) is 11.6. The highest BCUT2D eigenvalue weighted by Crippen LogP contribution is 2.10. The van der Waals surface area contributed by atoms with Gasteiger partial charge < -0.3 is 5.32 Å². The molecule has 0 heterocycles. The minimum Gasteiger partial charge on any atom is -0.306 e. The second kappa shape index (κ2) is 5.16. The van der Waals surface area contributed by atoms with Crippen molar-refractivity contribution in [2.24, 2.45) is 0 Å². The largest absolute Gasteiger partial charge is 0.345 e. The highest BCUT2D eigenvalue weighted by atomic mass is 16.2. The quantitative estimate of drug-likeness (QED) is 0.835. The molecule has 17 heavy (non-hydrogen) atoms. The lowest BCUT2D eigenvalue weighted by atomic mass is 10.2. The Kier molecular flexibility index (Phi) is 3.40. The first kappa shape index (κ1) is 11.2. The molecule has 0 unspecified atom stereocenters. The van der Waals surface area contributed by atoms with Crippen LogP contribution in [0.1, 0.15) is 5.56 Å². The number of rotatable bonds is 2. The molecule has 3 nitrogen and oxygen atoms in total. The number of anilines is 1. The highest BCUT2D eigenvalue weighted by molar-refractivity contribution is 5.91. The van der Waals surface area contributed by atoms with Crippen molar-refractivity contribution < 1.29 is 4.79 Å². The number of hydrogen-bond donors (Lipinski definition) is 1. The molecule has 2 aromatic carbocycles. The molecule has 0 aromatic heterocycles. The van der Waals surface area contributed by atoms with E-state index < -0.39 is 0 Å². The lowest BCUT2D eigenvalue weighted by Gasteiger charge is -2.04. The summed E-state index contributed by atoms with van der Waals surface area (Å²) in [6.45, 7) is 1.99. The van der Waals surface area contributed by atoms with E-state index in [1.165, 1.54) is 0 Å². The average molecular weight is 225 g/mol. The molecule has 2 rings (SSSR count). The van der Waals surface area contributed by atoms with Crippen molar-refractivity contribution in [1.29, 1.82) is 0 Å². The third-order valence-electron chi connectivity index (χ3n) is 2.29. The van der Waals surface area contributed by atoms with E-state index in [-0.39, 0.29) is 6.03 Å². The first-order valence-electron chi connectivity index (χ1n) is 5.38. The van der Waals surface area contributed by atoms with Crippen LogP contribution >= 0.6 is 0 Å². The van der Waals surface area contributed by atoms with E-state index in [0.29, 0.717) is 5.69 Å². The number of urea groups is 1. The third kappa shape index (κ3) is 3.34. The van der Waals surface area contributed by atoms with Crippen LogP contribution in [0, 0.1) is 6.92 Å². The van der Waals surface area contributed by atoms with E-state index in [4.69, 9.17) is 0 Å². The van der Waals surface area contributed by atoms with Gasteiger partial charge in [-0.15, -0.1) is 0 Å². The van der Waals surface area contributed by atoms with Crippen molar-refractivity contribution >= 4 is 17.4 Å². The lowest BCUT2D eigenvalue weighted by Crippen LogP contribution is -2.18. The smallest absolute Gasteiger partial charge is 0.306 e. The summed E-state index contributed by atoms with van der Waals surface area (Å²) in [6, 6.07) is 16.4. The molecular formula is C14H13N2O. The topological polar surface area (TPSA) is 43.2 Å². The second-order valence-corrected chi connectivity index (χ2v) is 3.74. The molecule has 0 aliphatic carbocycles. The molecule has 2 aromatic rings. The molecular weight excluding hydrogens is 212 g/mol. The van der Waals surface area contributed by atoms with Crippen LogP contribution < -0.4 is 10.6 Å². The number of carbonyl (C=O) groups is 1. The Balaban J connectivity index is 1.96. The van der Waals surface area contributed by atoms with Gasteiger partial charge in [0, 0.05) is 5.69 Å². The van der Waals surface area contributed by atoms with Gasteiger partial charge in [0.1, 0.15) is 0 Å². The number of amides is 2. The lowest BCUT2D eigenvalue weighted by molar-refractivity contribution is 0.255. The normalized spacial score (nSPS) is 9.71. The summed E-state index contributed by atoms with van der Waals surface area (Å²) >= 11 is 0. The van der Waals surface area contributed by atoms with Crippen LogP contribution in [0.2, 0.25) is 0 Å². The Morgan fingerprint density at radius 1 is 1.00 bits per heavy atom. The number of nitrogens with one attached hydrogen (secondary N) is 1. The van der Waals surface area contributed by atoms with Gasteiger partial charge in [0.25, 0.3) is 0 Å². The summed E-state index contributed by atoms with van der Waals surface area (Å²) in [5.41, 5.74) is 2.55. The van der Waals surface area contributed by atoms with E-state index in [9.17, 15) is 4.79 Å². The first-order valence-corrected chi connectivity index (χ1v) is 5.38. The zero-order valence-electron chi connectivity index (χ0n) is 9.55. The number of hydrogen-bond acceptors (Lipinski definition) is 1. The van der Waals surface area contributed by atoms with Gasteiger partial charge in [0.15, 0.2) is 0 Å². The van der Waals surface area contributed by atoms with E-state index in [1.807, 2.05) is 61.5 Å². The number of aryl methyl sites for hydroxylation is 1. The minimum absolute atomic E-state index is 0.361. The standard InChI is InChI=1S/C14H13N2O/c1-11-7-9-13(10-8-11)16-14(17)15-12-5-3-2-4-6-12/h2-10H,1H3,(H,15,17). The Morgan fingerprint density at radius 2 is 1.65 bits per heavy atom. The summed E-state index contributed by atoms with van der Waals surface area (Å²) in [7, 11) is 0. The van der Waals surface area contributed by atoms with Gasteiger partial charge in [-0.2, -0.15) is 5.32 Å². The van der Waals surface area contributed by atoms with Gasteiger partial charge in [-0.25, -0.2) is 4.79 Å². The highest BCUT2D eigenvalue weighted by Gasteiger charge is 2.03. The monoisotopic (exact) mass is 225 g/mol. The van der Waals surface area contributed by atoms with Crippen LogP contribution in [-0.2, 0) is 0 Å². The molecule has 1 radical (unpaired) electrons. The van der Waals surface area contributed by atoms with Crippen LogP contribution in [-0.4, -0.2) is 6.03 Å². The summed E-state index contributed by atoms with van der Waals surface area (Å²) < 4.78 is 0. The molecule has 1 N–H and O–H groups in total. The van der Waals surface area contributed by atoms with Crippen LogP contribution in [0.3, 0.4) is 0 Å². The predicted molar refractivity (Wildman–Crippen MR) is 68.4 cm³/mol. The van der Waals surface area contributed by atoms with Gasteiger partial charge in [0.05, 0.1) is 5.69 Å². The van der Waals surface area contributed by atoms with E-state index >= 15 is 0 Å². The van der Waals surface area contributed by atoms with Gasteiger partial charge >= 0.3 is 6.03 Å². The number of benzene rings is 2. The van der Waals surface area contributed by atoms with E-state index in [2.05, 4.69) is 10.6 Å². The summed E-state index contributed by atoms with van der Waals surface area (Å²) in [5, 5.41) is 6.64. The third-order valence-corrected chi connectivity index (χ3v) is 2.29. The summed E-state index contributed by atoms with van der Waals surface area (Å²) in [5.74, 6) is 0. The fourth-order valence-electron chi connectivity index (χ4n) is 1.41. The van der Waals surface area contributed by atoms with Crippen molar-refractivity contribution in [3.63, 3.8) is 0 Å². The molecule has 0 saturated carbocycles. The van der Waals surface area contributed by atoms with Crippen molar-refractivity contribution in [3.05, 3.63) is 60.2 Å². The van der Waals surface area contributed by atoms with Crippen molar-refractivity contribution in [1.82, 2.24) is 5.32 Å². The maximum absolute atomic E-state index is 11.6. The molecule has 85 valence electrons. The van der Waals surface area contributed by atoms with Crippen molar-refractivity contribution in [2.75, 3.05) is 5.32 Å². The first-order chi connectivity index (χ1) is 8.24. The Bertz CT molecular complexity index is 491. The number of carbonyl (C=O) groups excluding carboxylic acids is 1. The average Bonchev–Trinajstić information content (AvgIpc) is 2.33. The molecule has 0 atom stereocenters. The predicted octanol–water partition coefficient (Wildman–Crippen LogP) is 3.46. The Hall–Kier alpha value is -2.29. The number of para-hydroxylation sites is 1. The van der Waals surface area contributed by atoms with Gasteiger partial charge in [-0.3, -0.25) is 0 Å².